The number of hydrazone groups is 1. The normalized spacial score (nSPS) is 29.4. The molecule has 0 N–H and O–H groups in total. The number of hydrogen-bond acceptors (Lipinski definition) is 2. The van der Waals surface area contributed by atoms with Crippen molar-refractivity contribution >= 4 is 17.8 Å². The number of hydrogen-bond donors (Lipinski definition) is 0. The fourth-order valence-corrected chi connectivity index (χ4v) is 0.618. The van der Waals surface area contributed by atoms with E-state index in [4.69, 9.17) is 11.6 Å². The van der Waals surface area contributed by atoms with Crippen LogP contribution in [0.4, 0.5) is 0 Å². The van der Waals surface area contributed by atoms with Gasteiger partial charge in [-0.05, 0) is 0 Å². The Hall–Kier alpha value is -0.240. The third-order valence-electron chi connectivity index (χ3n) is 0.969. The Balaban J connectivity index is 2.45. The highest BCUT2D eigenvalue weighted by Gasteiger charge is 2.23. The van der Waals surface area contributed by atoms with Gasteiger partial charge in [-0.2, -0.15) is 0 Å². The van der Waals surface area contributed by atoms with Crippen molar-refractivity contribution in [2.24, 2.45) is 0 Å². The molecule has 0 aromatic carbocycles. The second-order valence-corrected chi connectivity index (χ2v) is 2.05. The van der Waals surface area contributed by atoms with Crippen LogP contribution in [0, 0.1) is 0 Å². The van der Waals surface area contributed by atoms with E-state index in [1.54, 1.807) is 5.01 Å². The van der Waals surface area contributed by atoms with Crippen LogP contribution in [0.25, 0.3) is 0 Å². The van der Waals surface area contributed by atoms with E-state index in [-0.39, 0.29) is 5.50 Å². The molecule has 0 saturated carbocycles. The minimum absolute atomic E-state index is 0.0972. The minimum Gasteiger partial charge on any atom is -0.107 e. The molecule has 0 spiro atoms. The van der Waals surface area contributed by atoms with E-state index < -0.39 is 0 Å². The van der Waals surface area contributed by atoms with Crippen LogP contribution in [-0.4, -0.2) is 23.8 Å². The predicted octanol–water partition coefficient (Wildman–Crippen LogP) is 0.208. The van der Waals surface area contributed by atoms with E-state index >= 15 is 0 Å². The highest BCUT2D eigenvalue weighted by molar-refractivity contribution is 6.21. The van der Waals surface area contributed by atoms with Crippen LogP contribution >= 0.6 is 11.6 Å². The molecule has 0 aromatic rings. The summed E-state index contributed by atoms with van der Waals surface area (Å²) in [5.74, 6) is 0. The van der Waals surface area contributed by atoms with E-state index in [1.807, 2.05) is 13.3 Å². The summed E-state index contributed by atoms with van der Waals surface area (Å²) >= 11 is 5.66. The summed E-state index contributed by atoms with van der Waals surface area (Å²) in [5.41, 5.74) is 0.0972. The van der Waals surface area contributed by atoms with Crippen molar-refractivity contribution < 1.29 is 0 Å². The molecule has 39 valence electrons. The summed E-state index contributed by atoms with van der Waals surface area (Å²) in [6, 6.07) is 0. The van der Waals surface area contributed by atoms with Gasteiger partial charge in [-0.3, -0.25) is 0 Å². The molecular formula is C4H7ClN2+. The van der Waals surface area contributed by atoms with Gasteiger partial charge in [0, 0.05) is 0 Å². The maximum absolute atomic E-state index is 5.66. The lowest BCUT2D eigenvalue weighted by Gasteiger charge is -1.97. The highest BCUT2D eigenvalue weighted by Crippen LogP contribution is 2.05. The topological polar surface area (TPSA) is 17.3 Å². The van der Waals surface area contributed by atoms with Gasteiger partial charge in [-0.25, -0.2) is 0 Å². The van der Waals surface area contributed by atoms with Gasteiger partial charge < -0.3 is 0 Å². The first-order valence-electron chi connectivity index (χ1n) is 2.20. The third-order valence-corrected chi connectivity index (χ3v) is 1.43. The molecule has 1 unspecified atom stereocenters. The lowest BCUT2D eigenvalue weighted by Crippen LogP contribution is -2.21. The van der Waals surface area contributed by atoms with Gasteiger partial charge in [-0.1, -0.05) is 11.6 Å². The van der Waals surface area contributed by atoms with Crippen molar-refractivity contribution in [2.45, 2.75) is 11.9 Å². The SMILES string of the molecule is CN1[N+]=CCC1Cl. The average molecular weight is 119 g/mol. The summed E-state index contributed by atoms with van der Waals surface area (Å²) in [6.07, 6.45) is 2.69. The molecule has 1 heterocycles. The van der Waals surface area contributed by atoms with Crippen LogP contribution in [0.2, 0.25) is 0 Å². The fourth-order valence-electron chi connectivity index (χ4n) is 0.488. The minimum atomic E-state index is 0.0972. The molecular weight excluding hydrogens is 112 g/mol. The molecule has 1 aliphatic rings. The summed E-state index contributed by atoms with van der Waals surface area (Å²) in [4.78, 5) is 0. The van der Waals surface area contributed by atoms with Crippen LogP contribution in [-0.2, 0) is 0 Å². The van der Waals surface area contributed by atoms with Gasteiger partial charge in [-0.15, -0.1) is 5.01 Å². The number of rotatable bonds is 0. The van der Waals surface area contributed by atoms with Gasteiger partial charge in [0.1, 0.15) is 0 Å². The number of halogens is 1. The average Bonchev–Trinajstić information content (AvgIpc) is 1.91. The van der Waals surface area contributed by atoms with Crippen molar-refractivity contribution in [3.63, 3.8) is 0 Å². The molecule has 3 heteroatoms. The zero-order valence-electron chi connectivity index (χ0n) is 4.13. The molecule has 0 saturated heterocycles. The maximum atomic E-state index is 5.66. The Morgan fingerprint density at radius 2 is 2.71 bits per heavy atom. The predicted molar refractivity (Wildman–Crippen MR) is 30.2 cm³/mol. The smallest absolute Gasteiger partial charge is 0.107 e. The summed E-state index contributed by atoms with van der Waals surface area (Å²) < 4.78 is 0. The van der Waals surface area contributed by atoms with Gasteiger partial charge in [0.2, 0.25) is 0 Å². The molecule has 1 radical (unpaired) electrons. The zero-order chi connectivity index (χ0) is 5.28. The van der Waals surface area contributed by atoms with E-state index in [1.165, 1.54) is 0 Å². The second-order valence-electron chi connectivity index (χ2n) is 1.54. The first kappa shape index (κ1) is 4.91. The summed E-state index contributed by atoms with van der Waals surface area (Å²) in [5, 5.41) is 5.63. The van der Waals surface area contributed by atoms with Crippen molar-refractivity contribution in [1.82, 2.24) is 10.1 Å². The lowest BCUT2D eigenvalue weighted by molar-refractivity contribution is 0.314. The van der Waals surface area contributed by atoms with Crippen LogP contribution in [0.5, 0.6) is 0 Å². The Labute approximate surface area is 47.8 Å². The lowest BCUT2D eigenvalue weighted by atomic mass is 10.5. The van der Waals surface area contributed by atoms with Gasteiger partial charge in [0.15, 0.2) is 10.6 Å². The molecule has 2 nitrogen and oxygen atoms in total. The Morgan fingerprint density at radius 3 is 2.86 bits per heavy atom. The van der Waals surface area contributed by atoms with Crippen molar-refractivity contribution in [3.05, 3.63) is 0 Å². The summed E-state index contributed by atoms with van der Waals surface area (Å²) in [6.45, 7) is 0. The van der Waals surface area contributed by atoms with Crippen molar-refractivity contribution in [1.29, 1.82) is 0 Å². The molecule has 0 aromatic heterocycles. The maximum Gasteiger partial charge on any atom is 0.255 e. The van der Waals surface area contributed by atoms with Crippen molar-refractivity contribution in [2.75, 3.05) is 7.05 Å². The zero-order valence-corrected chi connectivity index (χ0v) is 4.89. The second kappa shape index (κ2) is 1.70. The Kier molecular flexibility index (Phi) is 1.19. The molecule has 1 rings (SSSR count). The van der Waals surface area contributed by atoms with Gasteiger partial charge in [0.25, 0.3) is 6.21 Å². The van der Waals surface area contributed by atoms with E-state index in [0.29, 0.717) is 0 Å². The molecule has 7 heavy (non-hydrogen) atoms. The molecule has 0 bridgehead atoms. The van der Waals surface area contributed by atoms with Crippen LogP contribution in [0.3, 0.4) is 0 Å². The first-order chi connectivity index (χ1) is 3.30. The van der Waals surface area contributed by atoms with Crippen molar-refractivity contribution in [3.8, 4) is 0 Å². The Bertz CT molecular complexity index is 91.7. The highest BCUT2D eigenvalue weighted by atomic mass is 35.5. The number of nitrogens with zero attached hydrogens (tertiary/aromatic N) is 2. The first-order valence-corrected chi connectivity index (χ1v) is 2.63. The molecule has 1 atom stereocenters. The van der Waals surface area contributed by atoms with Gasteiger partial charge >= 0.3 is 0 Å². The summed E-state index contributed by atoms with van der Waals surface area (Å²) in [7, 11) is 1.86. The monoisotopic (exact) mass is 118 g/mol. The molecule has 0 aliphatic carbocycles. The van der Waals surface area contributed by atoms with E-state index in [2.05, 4.69) is 5.10 Å². The largest absolute Gasteiger partial charge is 0.255 e. The van der Waals surface area contributed by atoms with Crippen LogP contribution in [0.1, 0.15) is 6.42 Å². The third kappa shape index (κ3) is 0.855. The standard InChI is InChI=1S/C4H7ClN2/c1-7-4(5)2-3-6-7/h3-4H,2H2,1H3/q+1. The number of alkyl halides is 1. The van der Waals surface area contributed by atoms with Gasteiger partial charge in [0.05, 0.1) is 13.5 Å². The molecule has 0 amide bonds. The van der Waals surface area contributed by atoms with E-state index in [0.717, 1.165) is 6.42 Å². The Morgan fingerprint density at radius 1 is 2.00 bits per heavy atom. The fraction of sp³-hybridized carbons (Fsp3) is 0.750. The molecule has 1 aliphatic heterocycles. The van der Waals surface area contributed by atoms with E-state index in [9.17, 15) is 0 Å². The van der Waals surface area contributed by atoms with Crippen LogP contribution < -0.4 is 5.10 Å². The van der Waals surface area contributed by atoms with Crippen LogP contribution in [0.15, 0.2) is 0 Å². The quantitative estimate of drug-likeness (QED) is 0.328. The molecule has 0 fully saturated rings.